The van der Waals surface area contributed by atoms with E-state index in [9.17, 15) is 14.4 Å². The molecule has 23 heavy (non-hydrogen) atoms. The van der Waals surface area contributed by atoms with Crippen molar-refractivity contribution < 1.29 is 19.1 Å². The van der Waals surface area contributed by atoms with Gasteiger partial charge in [0.1, 0.15) is 11.8 Å². The molecule has 1 heterocycles. The molecule has 1 aromatic carbocycles. The van der Waals surface area contributed by atoms with E-state index in [1.807, 2.05) is 18.2 Å². The topological polar surface area (TPSA) is 72.5 Å². The van der Waals surface area contributed by atoms with Gasteiger partial charge in [0.25, 0.3) is 0 Å². The van der Waals surface area contributed by atoms with Crippen molar-refractivity contribution in [2.24, 2.45) is 0 Å². The largest absolute Gasteiger partial charge is 0.464 e. The Hall–Kier alpha value is -2.17. The van der Waals surface area contributed by atoms with Gasteiger partial charge in [-0.3, -0.25) is 9.59 Å². The number of Topliss-reactive ketones (excluding diaryl/α,β-unsaturated/α-hetero) is 1. The molecule has 0 spiro atoms. The van der Waals surface area contributed by atoms with Gasteiger partial charge < -0.3 is 10.1 Å². The molecule has 1 saturated heterocycles. The molecule has 0 radical (unpaired) electrons. The highest BCUT2D eigenvalue weighted by atomic mass is 16.5. The number of esters is 1. The Balaban J connectivity index is 1.54. The maximum Gasteiger partial charge on any atom is 0.328 e. The lowest BCUT2D eigenvalue weighted by Crippen LogP contribution is -2.38. The second-order valence-corrected chi connectivity index (χ2v) is 5.84. The number of aryl methyl sites for hydroxylation is 1. The van der Waals surface area contributed by atoms with Crippen LogP contribution in [-0.2, 0) is 25.5 Å². The maximum absolute atomic E-state index is 11.8. The van der Waals surface area contributed by atoms with Crippen molar-refractivity contribution in [1.82, 2.24) is 5.32 Å². The zero-order chi connectivity index (χ0) is 16.5. The van der Waals surface area contributed by atoms with E-state index in [0.717, 1.165) is 25.7 Å². The van der Waals surface area contributed by atoms with E-state index in [1.54, 1.807) is 0 Å². The van der Waals surface area contributed by atoms with Crippen LogP contribution in [0.1, 0.15) is 44.1 Å². The summed E-state index contributed by atoms with van der Waals surface area (Å²) < 4.78 is 4.76. The van der Waals surface area contributed by atoms with Crippen LogP contribution in [0.5, 0.6) is 0 Å². The SMILES string of the molecule is O=C(CCCCCc1ccccc1)CC(=O)N[C@H]1CCOC1=O. The monoisotopic (exact) mass is 317 g/mol. The molecular formula is C18H23NO4. The zero-order valence-corrected chi connectivity index (χ0v) is 13.3. The number of hydrogen-bond acceptors (Lipinski definition) is 4. The van der Waals surface area contributed by atoms with Crippen LogP contribution in [0.2, 0.25) is 0 Å². The average molecular weight is 317 g/mol. The van der Waals surface area contributed by atoms with Crippen molar-refractivity contribution in [3.63, 3.8) is 0 Å². The van der Waals surface area contributed by atoms with Gasteiger partial charge in [-0.25, -0.2) is 4.79 Å². The van der Waals surface area contributed by atoms with Crippen molar-refractivity contribution in [3.8, 4) is 0 Å². The molecule has 1 aliphatic rings. The number of ether oxygens (including phenoxy) is 1. The van der Waals surface area contributed by atoms with E-state index in [1.165, 1.54) is 5.56 Å². The van der Waals surface area contributed by atoms with Crippen LogP contribution in [0.15, 0.2) is 30.3 Å². The van der Waals surface area contributed by atoms with Gasteiger partial charge in [-0.05, 0) is 24.8 Å². The molecule has 5 nitrogen and oxygen atoms in total. The fraction of sp³-hybridized carbons (Fsp3) is 0.500. The second-order valence-electron chi connectivity index (χ2n) is 5.84. The van der Waals surface area contributed by atoms with Gasteiger partial charge in [0.15, 0.2) is 0 Å². The van der Waals surface area contributed by atoms with Crippen molar-refractivity contribution in [3.05, 3.63) is 35.9 Å². The van der Waals surface area contributed by atoms with E-state index in [4.69, 9.17) is 4.74 Å². The molecule has 0 unspecified atom stereocenters. The molecule has 1 N–H and O–H groups in total. The second kappa shape index (κ2) is 9.08. The number of ketones is 1. The quantitative estimate of drug-likeness (QED) is 0.430. The Morgan fingerprint density at radius 3 is 2.61 bits per heavy atom. The first-order valence-corrected chi connectivity index (χ1v) is 8.17. The van der Waals surface area contributed by atoms with Crippen molar-refractivity contribution in [2.45, 2.75) is 51.0 Å². The average Bonchev–Trinajstić information content (AvgIpc) is 2.93. The minimum Gasteiger partial charge on any atom is -0.464 e. The highest BCUT2D eigenvalue weighted by Gasteiger charge is 2.28. The molecule has 0 saturated carbocycles. The normalized spacial score (nSPS) is 16.9. The van der Waals surface area contributed by atoms with E-state index in [2.05, 4.69) is 17.4 Å². The van der Waals surface area contributed by atoms with Gasteiger partial charge in [-0.1, -0.05) is 36.8 Å². The van der Waals surface area contributed by atoms with Crippen LogP contribution in [-0.4, -0.2) is 30.3 Å². The van der Waals surface area contributed by atoms with E-state index >= 15 is 0 Å². The molecule has 2 rings (SSSR count). The fourth-order valence-corrected chi connectivity index (χ4v) is 2.61. The number of benzene rings is 1. The Labute approximate surface area is 136 Å². The number of nitrogens with one attached hydrogen (secondary N) is 1. The number of amides is 1. The predicted molar refractivity (Wildman–Crippen MR) is 85.7 cm³/mol. The van der Waals surface area contributed by atoms with Gasteiger partial charge in [-0.2, -0.15) is 0 Å². The first kappa shape index (κ1) is 17.2. The first-order valence-electron chi connectivity index (χ1n) is 8.17. The summed E-state index contributed by atoms with van der Waals surface area (Å²) in [4.78, 5) is 34.7. The highest BCUT2D eigenvalue weighted by Crippen LogP contribution is 2.09. The smallest absolute Gasteiger partial charge is 0.328 e. The summed E-state index contributed by atoms with van der Waals surface area (Å²) in [5.41, 5.74) is 1.31. The summed E-state index contributed by atoms with van der Waals surface area (Å²) in [7, 11) is 0. The number of unbranched alkanes of at least 4 members (excludes halogenated alkanes) is 2. The molecule has 5 heteroatoms. The Bertz CT molecular complexity index is 541. The van der Waals surface area contributed by atoms with E-state index in [0.29, 0.717) is 19.4 Å². The minimum atomic E-state index is -0.582. The molecule has 1 fully saturated rings. The zero-order valence-electron chi connectivity index (χ0n) is 13.3. The summed E-state index contributed by atoms with van der Waals surface area (Å²) in [6.07, 6.45) is 4.57. The molecule has 1 aliphatic heterocycles. The van der Waals surface area contributed by atoms with Gasteiger partial charge in [0.05, 0.1) is 13.0 Å². The van der Waals surface area contributed by atoms with E-state index in [-0.39, 0.29) is 18.1 Å². The van der Waals surface area contributed by atoms with Crippen molar-refractivity contribution in [2.75, 3.05) is 6.61 Å². The summed E-state index contributed by atoms with van der Waals surface area (Å²) in [5.74, 6) is -0.872. The first-order chi connectivity index (χ1) is 11.1. The third-order valence-electron chi connectivity index (χ3n) is 3.89. The summed E-state index contributed by atoms with van der Waals surface area (Å²) in [5, 5.41) is 2.55. The summed E-state index contributed by atoms with van der Waals surface area (Å²) >= 11 is 0. The van der Waals surface area contributed by atoms with Crippen LogP contribution < -0.4 is 5.32 Å². The predicted octanol–water partition coefficient (Wildman–Crippen LogP) is 2.18. The number of rotatable bonds is 9. The molecule has 0 aromatic heterocycles. The molecule has 0 aliphatic carbocycles. The Morgan fingerprint density at radius 1 is 1.13 bits per heavy atom. The standard InChI is InChI=1S/C18H23NO4/c20-15(13-17(21)19-16-11-12-23-18(16)22)10-6-2-5-9-14-7-3-1-4-8-14/h1,3-4,7-8,16H,2,5-6,9-13H2,(H,19,21)/t16-/m0/s1. The van der Waals surface area contributed by atoms with Crippen molar-refractivity contribution >= 4 is 17.7 Å². The highest BCUT2D eigenvalue weighted by molar-refractivity contribution is 5.99. The van der Waals surface area contributed by atoms with Gasteiger partial charge in [0.2, 0.25) is 5.91 Å². The third-order valence-corrected chi connectivity index (χ3v) is 3.89. The Morgan fingerprint density at radius 2 is 1.91 bits per heavy atom. The molecule has 1 atom stereocenters. The van der Waals surface area contributed by atoms with Gasteiger partial charge in [-0.15, -0.1) is 0 Å². The van der Waals surface area contributed by atoms with Gasteiger partial charge in [0, 0.05) is 12.8 Å². The van der Waals surface area contributed by atoms with Gasteiger partial charge >= 0.3 is 5.97 Å². The van der Waals surface area contributed by atoms with Crippen LogP contribution in [0.3, 0.4) is 0 Å². The number of cyclic esters (lactones) is 1. The lowest BCUT2D eigenvalue weighted by Gasteiger charge is -2.08. The molecule has 124 valence electrons. The maximum atomic E-state index is 11.8. The molecule has 0 bridgehead atoms. The Kier molecular flexibility index (Phi) is 6.78. The minimum absolute atomic E-state index is 0.0754. The summed E-state index contributed by atoms with van der Waals surface area (Å²) in [6.45, 7) is 0.332. The van der Waals surface area contributed by atoms with Crippen LogP contribution in [0.4, 0.5) is 0 Å². The summed E-state index contributed by atoms with van der Waals surface area (Å²) in [6, 6.07) is 9.67. The lowest BCUT2D eigenvalue weighted by molar-refractivity contribution is -0.142. The van der Waals surface area contributed by atoms with Crippen LogP contribution in [0, 0.1) is 0 Å². The molecule has 1 aromatic rings. The lowest BCUT2D eigenvalue weighted by atomic mass is 10.0. The fourth-order valence-electron chi connectivity index (χ4n) is 2.61. The van der Waals surface area contributed by atoms with Crippen molar-refractivity contribution in [1.29, 1.82) is 0 Å². The number of hydrogen-bond donors (Lipinski definition) is 1. The third kappa shape index (κ3) is 6.22. The van der Waals surface area contributed by atoms with Crippen LogP contribution in [0.25, 0.3) is 0 Å². The van der Waals surface area contributed by atoms with E-state index < -0.39 is 12.0 Å². The molecular weight excluding hydrogens is 294 g/mol. The molecule has 1 amide bonds. The number of carbonyl (C=O) groups is 3. The number of carbonyl (C=O) groups excluding carboxylic acids is 3. The van der Waals surface area contributed by atoms with Crippen LogP contribution >= 0.6 is 0 Å².